The van der Waals surface area contributed by atoms with E-state index in [1.165, 1.54) is 11.0 Å². The summed E-state index contributed by atoms with van der Waals surface area (Å²) in [5.74, 6) is -1.35. The summed E-state index contributed by atoms with van der Waals surface area (Å²) < 4.78 is 0. The van der Waals surface area contributed by atoms with Crippen LogP contribution in [0.5, 0.6) is 0 Å². The fourth-order valence-electron chi connectivity index (χ4n) is 2.44. The topological polar surface area (TPSA) is 49.4 Å². The molecule has 4 nitrogen and oxygen atoms in total. The molecule has 0 bridgehead atoms. The lowest BCUT2D eigenvalue weighted by Gasteiger charge is -2.17. The first-order chi connectivity index (χ1) is 10.6. The van der Waals surface area contributed by atoms with Gasteiger partial charge in [0.05, 0.1) is 10.7 Å². The molecule has 6 heteroatoms. The lowest BCUT2D eigenvalue weighted by Crippen LogP contribution is -2.38. The highest BCUT2D eigenvalue weighted by Gasteiger charge is 2.29. The van der Waals surface area contributed by atoms with Crippen LogP contribution in [0.4, 0.5) is 11.4 Å². The predicted molar refractivity (Wildman–Crippen MR) is 87.6 cm³/mol. The minimum atomic E-state index is -0.735. The average molecular weight is 335 g/mol. The number of para-hydroxylation sites is 1. The number of benzene rings is 2. The van der Waals surface area contributed by atoms with E-state index in [4.69, 9.17) is 23.2 Å². The highest BCUT2D eigenvalue weighted by atomic mass is 35.5. The van der Waals surface area contributed by atoms with Crippen molar-refractivity contribution in [1.82, 2.24) is 0 Å². The molecule has 0 atom stereocenters. The molecule has 1 heterocycles. The molecule has 22 heavy (non-hydrogen) atoms. The SMILES string of the molecule is O=C(Nc1cc(Cl)ccc1Cl)C(=O)N1CCc2ccccc21. The van der Waals surface area contributed by atoms with Gasteiger partial charge in [0, 0.05) is 17.3 Å². The first-order valence-electron chi connectivity index (χ1n) is 6.72. The maximum absolute atomic E-state index is 12.3. The van der Waals surface area contributed by atoms with E-state index in [-0.39, 0.29) is 0 Å². The van der Waals surface area contributed by atoms with Crippen molar-refractivity contribution in [1.29, 1.82) is 0 Å². The van der Waals surface area contributed by atoms with E-state index in [1.807, 2.05) is 24.3 Å². The lowest BCUT2D eigenvalue weighted by atomic mass is 10.2. The Labute approximate surface area is 137 Å². The number of carbonyl (C=O) groups excluding carboxylic acids is 2. The van der Waals surface area contributed by atoms with E-state index in [0.29, 0.717) is 22.3 Å². The van der Waals surface area contributed by atoms with E-state index < -0.39 is 11.8 Å². The first-order valence-corrected chi connectivity index (χ1v) is 7.47. The standard InChI is InChI=1S/C16H12Cl2N2O2/c17-11-5-6-12(18)13(9-11)19-15(21)16(22)20-8-7-10-3-1-2-4-14(10)20/h1-6,9H,7-8H2,(H,19,21). The molecule has 1 aliphatic rings. The molecule has 0 saturated heterocycles. The Morgan fingerprint density at radius 2 is 1.86 bits per heavy atom. The van der Waals surface area contributed by atoms with E-state index in [0.717, 1.165) is 17.7 Å². The largest absolute Gasteiger partial charge is 0.316 e. The van der Waals surface area contributed by atoms with Crippen molar-refractivity contribution >= 4 is 46.4 Å². The number of carbonyl (C=O) groups is 2. The molecular weight excluding hydrogens is 323 g/mol. The number of amides is 2. The number of hydrogen-bond donors (Lipinski definition) is 1. The van der Waals surface area contributed by atoms with Crippen molar-refractivity contribution in [2.45, 2.75) is 6.42 Å². The van der Waals surface area contributed by atoms with E-state index in [2.05, 4.69) is 5.32 Å². The van der Waals surface area contributed by atoms with Crippen LogP contribution in [0.25, 0.3) is 0 Å². The summed E-state index contributed by atoms with van der Waals surface area (Å²) in [5.41, 5.74) is 2.16. The molecule has 0 radical (unpaired) electrons. The molecule has 2 aromatic rings. The fraction of sp³-hybridized carbons (Fsp3) is 0.125. The number of fused-ring (bicyclic) bond motifs is 1. The number of halogens is 2. The quantitative estimate of drug-likeness (QED) is 0.811. The van der Waals surface area contributed by atoms with Crippen molar-refractivity contribution in [2.24, 2.45) is 0 Å². The molecule has 2 aromatic carbocycles. The maximum atomic E-state index is 12.3. The summed E-state index contributed by atoms with van der Waals surface area (Å²) in [6.45, 7) is 0.495. The summed E-state index contributed by atoms with van der Waals surface area (Å²) in [7, 11) is 0. The van der Waals surface area contributed by atoms with Gasteiger partial charge >= 0.3 is 11.8 Å². The summed E-state index contributed by atoms with van der Waals surface area (Å²) in [4.78, 5) is 26.0. The summed E-state index contributed by atoms with van der Waals surface area (Å²) in [6.07, 6.45) is 0.743. The van der Waals surface area contributed by atoms with Gasteiger partial charge in [0.2, 0.25) is 0 Å². The molecular formula is C16H12Cl2N2O2. The lowest BCUT2D eigenvalue weighted by molar-refractivity contribution is -0.134. The third-order valence-corrected chi connectivity index (χ3v) is 4.07. The van der Waals surface area contributed by atoms with Crippen molar-refractivity contribution < 1.29 is 9.59 Å². The van der Waals surface area contributed by atoms with Crippen LogP contribution in [0, 0.1) is 0 Å². The summed E-state index contributed by atoms with van der Waals surface area (Å²) in [5, 5.41) is 3.27. The molecule has 0 unspecified atom stereocenters. The van der Waals surface area contributed by atoms with Gasteiger partial charge in [-0.05, 0) is 36.2 Å². The molecule has 0 aromatic heterocycles. The zero-order chi connectivity index (χ0) is 15.7. The average Bonchev–Trinajstić information content (AvgIpc) is 2.94. The van der Waals surface area contributed by atoms with E-state index in [1.54, 1.807) is 12.1 Å². The Kier molecular flexibility index (Phi) is 4.05. The molecule has 2 amide bonds. The van der Waals surface area contributed by atoms with Crippen molar-refractivity contribution in [3.05, 3.63) is 58.1 Å². The third-order valence-electron chi connectivity index (χ3n) is 3.50. The summed E-state index contributed by atoms with van der Waals surface area (Å²) in [6, 6.07) is 12.2. The van der Waals surface area contributed by atoms with Crippen LogP contribution in [0.1, 0.15) is 5.56 Å². The van der Waals surface area contributed by atoms with Gasteiger partial charge in [0.1, 0.15) is 0 Å². The van der Waals surface area contributed by atoms with Crippen molar-refractivity contribution in [3.63, 3.8) is 0 Å². The highest BCUT2D eigenvalue weighted by Crippen LogP contribution is 2.28. The van der Waals surface area contributed by atoms with Crippen molar-refractivity contribution in [2.75, 3.05) is 16.8 Å². The maximum Gasteiger partial charge on any atom is 0.316 e. The van der Waals surface area contributed by atoms with Crippen LogP contribution >= 0.6 is 23.2 Å². The Bertz CT molecular complexity index is 762. The van der Waals surface area contributed by atoms with Crippen LogP contribution in [0.2, 0.25) is 10.0 Å². The van der Waals surface area contributed by atoms with E-state index >= 15 is 0 Å². The molecule has 0 spiro atoms. The number of nitrogens with one attached hydrogen (secondary N) is 1. The number of hydrogen-bond acceptors (Lipinski definition) is 2. The Morgan fingerprint density at radius 3 is 2.68 bits per heavy atom. The Balaban J connectivity index is 1.79. The van der Waals surface area contributed by atoms with Gasteiger partial charge in [-0.3, -0.25) is 9.59 Å². The zero-order valence-corrected chi connectivity index (χ0v) is 13.0. The Morgan fingerprint density at radius 1 is 1.09 bits per heavy atom. The minimum absolute atomic E-state index is 0.319. The van der Waals surface area contributed by atoms with E-state index in [9.17, 15) is 9.59 Å². The predicted octanol–water partition coefficient (Wildman–Crippen LogP) is 3.52. The van der Waals surface area contributed by atoms with Gasteiger partial charge in [-0.1, -0.05) is 41.4 Å². The van der Waals surface area contributed by atoms with Crippen LogP contribution in [-0.2, 0) is 16.0 Å². The van der Waals surface area contributed by atoms with Crippen molar-refractivity contribution in [3.8, 4) is 0 Å². The molecule has 1 N–H and O–H groups in total. The van der Waals surface area contributed by atoms with Crippen LogP contribution in [0.3, 0.4) is 0 Å². The van der Waals surface area contributed by atoms with Gasteiger partial charge in [0.15, 0.2) is 0 Å². The zero-order valence-electron chi connectivity index (χ0n) is 11.5. The number of rotatable bonds is 1. The highest BCUT2D eigenvalue weighted by molar-refractivity contribution is 6.45. The normalized spacial score (nSPS) is 12.9. The second-order valence-corrected chi connectivity index (χ2v) is 5.76. The van der Waals surface area contributed by atoms with Gasteiger partial charge < -0.3 is 10.2 Å². The third kappa shape index (κ3) is 2.80. The minimum Gasteiger partial charge on any atom is -0.316 e. The fourth-order valence-corrected chi connectivity index (χ4v) is 2.78. The second kappa shape index (κ2) is 5.99. The first kappa shape index (κ1) is 14.9. The molecule has 0 saturated carbocycles. The van der Waals surface area contributed by atoms with Gasteiger partial charge in [0.25, 0.3) is 0 Å². The smallest absolute Gasteiger partial charge is 0.316 e. The van der Waals surface area contributed by atoms with Gasteiger partial charge in [-0.15, -0.1) is 0 Å². The van der Waals surface area contributed by atoms with Crippen LogP contribution < -0.4 is 10.2 Å². The van der Waals surface area contributed by atoms with Gasteiger partial charge in [-0.2, -0.15) is 0 Å². The number of anilines is 2. The van der Waals surface area contributed by atoms with Gasteiger partial charge in [-0.25, -0.2) is 0 Å². The van der Waals surface area contributed by atoms with Crippen LogP contribution in [0.15, 0.2) is 42.5 Å². The molecule has 0 fully saturated rings. The molecule has 1 aliphatic heterocycles. The molecule has 0 aliphatic carbocycles. The monoisotopic (exact) mass is 334 g/mol. The second-order valence-electron chi connectivity index (χ2n) is 4.91. The Hall–Kier alpha value is -2.04. The van der Waals surface area contributed by atoms with Crippen LogP contribution in [-0.4, -0.2) is 18.4 Å². The molecule has 3 rings (SSSR count). The number of nitrogens with zero attached hydrogens (tertiary/aromatic N) is 1. The molecule has 112 valence electrons. The summed E-state index contributed by atoms with van der Waals surface area (Å²) >= 11 is 11.9.